The summed E-state index contributed by atoms with van der Waals surface area (Å²) >= 11 is 0. The van der Waals surface area contributed by atoms with Crippen molar-refractivity contribution in [1.82, 2.24) is 0 Å². The monoisotopic (exact) mass is 178 g/mol. The Morgan fingerprint density at radius 3 is 2.46 bits per heavy atom. The fraction of sp³-hybridized carbons (Fsp3) is 0.364. The van der Waals surface area contributed by atoms with Gasteiger partial charge in [-0.2, -0.15) is 0 Å². The Balaban J connectivity index is 3.29. The van der Waals surface area contributed by atoms with Gasteiger partial charge in [0.1, 0.15) is 5.76 Å². The van der Waals surface area contributed by atoms with Crippen LogP contribution in [0.4, 0.5) is 0 Å². The van der Waals surface area contributed by atoms with Crippen molar-refractivity contribution >= 4 is 6.08 Å². The van der Waals surface area contributed by atoms with Gasteiger partial charge >= 0.3 is 5.63 Å². The largest absolute Gasteiger partial charge is 0.423 e. The standard InChI is InChI=1S/C11H14O2/c1-7(2)5-10-6-8(3)9(4)11(12)13-10/h5-6H,1-4H3. The molecule has 0 spiro atoms. The molecule has 1 aromatic heterocycles. The van der Waals surface area contributed by atoms with Gasteiger partial charge in [-0.1, -0.05) is 5.57 Å². The van der Waals surface area contributed by atoms with Crippen molar-refractivity contribution in [2.45, 2.75) is 27.7 Å². The molecule has 1 heterocycles. The van der Waals surface area contributed by atoms with Crippen molar-refractivity contribution in [2.75, 3.05) is 0 Å². The molecule has 0 aliphatic rings. The Kier molecular flexibility index (Phi) is 2.71. The molecule has 0 saturated heterocycles. The summed E-state index contributed by atoms with van der Waals surface area (Å²) in [4.78, 5) is 11.2. The van der Waals surface area contributed by atoms with Crippen LogP contribution in [0.1, 0.15) is 30.7 Å². The first-order valence-corrected chi connectivity index (χ1v) is 4.27. The molecule has 1 aromatic rings. The summed E-state index contributed by atoms with van der Waals surface area (Å²) in [6.45, 7) is 7.62. The molecule has 1 rings (SSSR count). The van der Waals surface area contributed by atoms with Crippen molar-refractivity contribution < 1.29 is 4.42 Å². The predicted molar refractivity (Wildman–Crippen MR) is 53.8 cm³/mol. The summed E-state index contributed by atoms with van der Waals surface area (Å²) in [6, 6.07) is 1.88. The summed E-state index contributed by atoms with van der Waals surface area (Å²) in [5.41, 5.74) is 2.54. The summed E-state index contributed by atoms with van der Waals surface area (Å²) in [6.07, 6.45) is 1.86. The second-order valence-corrected chi connectivity index (χ2v) is 3.47. The minimum atomic E-state index is -0.243. The van der Waals surface area contributed by atoms with E-state index >= 15 is 0 Å². The Bertz CT molecular complexity index is 393. The van der Waals surface area contributed by atoms with Crippen LogP contribution in [0.5, 0.6) is 0 Å². The lowest BCUT2D eigenvalue weighted by molar-refractivity contribution is 0.494. The second-order valence-electron chi connectivity index (χ2n) is 3.47. The number of aryl methyl sites for hydroxylation is 1. The molecule has 0 aliphatic carbocycles. The van der Waals surface area contributed by atoms with Gasteiger partial charge in [-0.05, 0) is 45.4 Å². The van der Waals surface area contributed by atoms with Gasteiger partial charge in [-0.25, -0.2) is 4.79 Å². The van der Waals surface area contributed by atoms with Crippen LogP contribution in [0.25, 0.3) is 6.08 Å². The predicted octanol–water partition coefficient (Wildman–Crippen LogP) is 2.68. The number of allylic oxidation sites excluding steroid dienone is 1. The van der Waals surface area contributed by atoms with E-state index in [-0.39, 0.29) is 5.63 Å². The number of hydrogen-bond donors (Lipinski definition) is 0. The summed E-state index contributed by atoms with van der Waals surface area (Å²) in [7, 11) is 0. The topological polar surface area (TPSA) is 30.2 Å². The maximum absolute atomic E-state index is 11.2. The van der Waals surface area contributed by atoms with Gasteiger partial charge in [0.05, 0.1) is 0 Å². The summed E-state index contributed by atoms with van der Waals surface area (Å²) in [5.74, 6) is 0.633. The average molecular weight is 178 g/mol. The molecule has 0 fully saturated rings. The first-order valence-electron chi connectivity index (χ1n) is 4.27. The van der Waals surface area contributed by atoms with E-state index < -0.39 is 0 Å². The van der Waals surface area contributed by atoms with E-state index in [1.165, 1.54) is 0 Å². The van der Waals surface area contributed by atoms with Crippen molar-refractivity contribution in [3.8, 4) is 0 Å². The third-order valence-electron chi connectivity index (χ3n) is 1.90. The maximum Gasteiger partial charge on any atom is 0.339 e. The van der Waals surface area contributed by atoms with E-state index in [0.29, 0.717) is 11.3 Å². The molecule has 0 radical (unpaired) electrons. The molecule has 0 amide bonds. The molecule has 0 aliphatic heterocycles. The van der Waals surface area contributed by atoms with E-state index in [0.717, 1.165) is 11.1 Å². The van der Waals surface area contributed by atoms with Crippen molar-refractivity contribution in [1.29, 1.82) is 0 Å². The highest BCUT2D eigenvalue weighted by molar-refractivity contribution is 5.47. The van der Waals surface area contributed by atoms with Crippen LogP contribution in [0, 0.1) is 13.8 Å². The van der Waals surface area contributed by atoms with E-state index in [9.17, 15) is 4.79 Å². The molecule has 2 heteroatoms. The molecule has 0 N–H and O–H groups in total. The first-order chi connectivity index (χ1) is 6.00. The summed E-state index contributed by atoms with van der Waals surface area (Å²) in [5, 5.41) is 0. The van der Waals surface area contributed by atoms with E-state index in [2.05, 4.69) is 0 Å². The molecule has 13 heavy (non-hydrogen) atoms. The molecule has 0 saturated carbocycles. The Morgan fingerprint density at radius 1 is 1.38 bits per heavy atom. The minimum Gasteiger partial charge on any atom is -0.423 e. The van der Waals surface area contributed by atoms with Crippen LogP contribution in [0.15, 0.2) is 20.9 Å². The van der Waals surface area contributed by atoms with E-state index in [1.54, 1.807) is 6.92 Å². The molecule has 0 aromatic carbocycles. The van der Waals surface area contributed by atoms with Gasteiger partial charge in [0.25, 0.3) is 0 Å². The lowest BCUT2D eigenvalue weighted by atomic mass is 10.1. The zero-order valence-corrected chi connectivity index (χ0v) is 8.47. The van der Waals surface area contributed by atoms with Gasteiger partial charge in [-0.15, -0.1) is 0 Å². The van der Waals surface area contributed by atoms with E-state index in [1.807, 2.05) is 32.9 Å². The van der Waals surface area contributed by atoms with Crippen LogP contribution in [-0.4, -0.2) is 0 Å². The van der Waals surface area contributed by atoms with Crippen LogP contribution < -0.4 is 5.63 Å². The van der Waals surface area contributed by atoms with Crippen LogP contribution in [-0.2, 0) is 0 Å². The highest BCUT2D eigenvalue weighted by Crippen LogP contribution is 2.08. The van der Waals surface area contributed by atoms with Gasteiger partial charge in [0.2, 0.25) is 0 Å². The molecule has 70 valence electrons. The van der Waals surface area contributed by atoms with Gasteiger partial charge in [0, 0.05) is 5.56 Å². The molecule has 0 bridgehead atoms. The van der Waals surface area contributed by atoms with Crippen LogP contribution in [0.3, 0.4) is 0 Å². The SMILES string of the molecule is CC(C)=Cc1cc(C)c(C)c(=O)o1. The van der Waals surface area contributed by atoms with Crippen LogP contribution in [0.2, 0.25) is 0 Å². The highest BCUT2D eigenvalue weighted by atomic mass is 16.4. The molecule has 0 unspecified atom stereocenters. The van der Waals surface area contributed by atoms with Crippen LogP contribution >= 0.6 is 0 Å². The van der Waals surface area contributed by atoms with Crippen molar-refractivity contribution in [3.05, 3.63) is 38.9 Å². The summed E-state index contributed by atoms with van der Waals surface area (Å²) < 4.78 is 5.07. The van der Waals surface area contributed by atoms with Gasteiger partial charge < -0.3 is 4.42 Å². The van der Waals surface area contributed by atoms with Crippen molar-refractivity contribution in [3.63, 3.8) is 0 Å². The second kappa shape index (κ2) is 3.60. The average Bonchev–Trinajstić information content (AvgIpc) is 1.98. The molecular formula is C11H14O2. The fourth-order valence-electron chi connectivity index (χ4n) is 1.05. The highest BCUT2D eigenvalue weighted by Gasteiger charge is 2.01. The molecule has 2 nitrogen and oxygen atoms in total. The molecule has 0 atom stereocenters. The third kappa shape index (κ3) is 2.31. The minimum absolute atomic E-state index is 0.243. The van der Waals surface area contributed by atoms with E-state index in [4.69, 9.17) is 4.42 Å². The smallest absolute Gasteiger partial charge is 0.339 e. The van der Waals surface area contributed by atoms with Gasteiger partial charge in [0.15, 0.2) is 0 Å². The third-order valence-corrected chi connectivity index (χ3v) is 1.90. The number of rotatable bonds is 1. The fourth-order valence-corrected chi connectivity index (χ4v) is 1.05. The Labute approximate surface area is 77.9 Å². The first kappa shape index (κ1) is 9.78. The van der Waals surface area contributed by atoms with Gasteiger partial charge in [-0.3, -0.25) is 0 Å². The lowest BCUT2D eigenvalue weighted by Crippen LogP contribution is -2.05. The zero-order valence-electron chi connectivity index (χ0n) is 8.47. The molecular weight excluding hydrogens is 164 g/mol. The Hall–Kier alpha value is -1.31. The lowest BCUT2D eigenvalue weighted by Gasteiger charge is -1.99. The quantitative estimate of drug-likeness (QED) is 0.661. The number of hydrogen-bond acceptors (Lipinski definition) is 2. The normalized spacial score (nSPS) is 9.85. The van der Waals surface area contributed by atoms with Crippen molar-refractivity contribution in [2.24, 2.45) is 0 Å². The zero-order chi connectivity index (χ0) is 10.0. The Morgan fingerprint density at radius 2 is 2.00 bits per heavy atom. The maximum atomic E-state index is 11.2.